The van der Waals surface area contributed by atoms with Crippen molar-refractivity contribution in [3.63, 3.8) is 0 Å². The van der Waals surface area contributed by atoms with Crippen molar-refractivity contribution in [2.24, 2.45) is 7.05 Å². The molecule has 2 aromatic heterocycles. The molecule has 2 heterocycles. The highest BCUT2D eigenvalue weighted by Crippen LogP contribution is 2.29. The molecule has 0 saturated carbocycles. The van der Waals surface area contributed by atoms with Gasteiger partial charge in [-0.25, -0.2) is 4.39 Å². The van der Waals surface area contributed by atoms with E-state index in [-0.39, 0.29) is 11.5 Å². The monoisotopic (exact) mass is 406 g/mol. The number of aryl methyl sites for hydroxylation is 1. The summed E-state index contributed by atoms with van der Waals surface area (Å²) in [6.45, 7) is 1.88. The second kappa shape index (κ2) is 7.82. The van der Waals surface area contributed by atoms with Crippen LogP contribution in [0.4, 0.5) is 10.2 Å². The van der Waals surface area contributed by atoms with Crippen LogP contribution in [0.5, 0.6) is 5.75 Å². The zero-order valence-corrected chi connectivity index (χ0v) is 16.6. The number of rotatable bonds is 5. The highest BCUT2D eigenvalue weighted by Gasteiger charge is 2.19. The molecule has 2 aromatic carbocycles. The van der Waals surface area contributed by atoms with Crippen LogP contribution in [-0.2, 0) is 7.05 Å². The van der Waals surface area contributed by atoms with E-state index in [1.807, 2.05) is 31.2 Å². The van der Waals surface area contributed by atoms with E-state index in [1.54, 1.807) is 31.0 Å². The molecule has 1 N–H and O–H groups in total. The van der Waals surface area contributed by atoms with E-state index < -0.39 is 5.91 Å². The van der Waals surface area contributed by atoms with E-state index in [1.165, 1.54) is 18.2 Å². The minimum atomic E-state index is -0.431. The van der Waals surface area contributed by atoms with Gasteiger partial charge >= 0.3 is 0 Å². The summed E-state index contributed by atoms with van der Waals surface area (Å²) < 4.78 is 25.1. The van der Waals surface area contributed by atoms with Crippen molar-refractivity contribution < 1.29 is 18.4 Å². The van der Waals surface area contributed by atoms with Crippen LogP contribution < -0.4 is 10.1 Å². The molecule has 0 unspecified atom stereocenters. The number of nitrogens with zero attached hydrogens (tertiary/aromatic N) is 3. The second-order valence-corrected chi connectivity index (χ2v) is 6.71. The van der Waals surface area contributed by atoms with Gasteiger partial charge in [-0.1, -0.05) is 5.16 Å². The van der Waals surface area contributed by atoms with Crippen LogP contribution in [0.25, 0.3) is 22.6 Å². The highest BCUT2D eigenvalue weighted by atomic mass is 19.1. The average molecular weight is 406 g/mol. The van der Waals surface area contributed by atoms with Crippen molar-refractivity contribution in [1.82, 2.24) is 14.9 Å². The molecule has 0 atom stereocenters. The van der Waals surface area contributed by atoms with Crippen molar-refractivity contribution in [1.29, 1.82) is 0 Å². The van der Waals surface area contributed by atoms with Gasteiger partial charge in [-0.15, -0.1) is 0 Å². The topological polar surface area (TPSA) is 82.2 Å². The first kappa shape index (κ1) is 19.4. The second-order valence-electron chi connectivity index (χ2n) is 6.71. The molecule has 30 heavy (non-hydrogen) atoms. The predicted molar refractivity (Wildman–Crippen MR) is 110 cm³/mol. The van der Waals surface area contributed by atoms with Crippen molar-refractivity contribution >= 4 is 11.7 Å². The van der Waals surface area contributed by atoms with Crippen LogP contribution in [0.15, 0.2) is 59.1 Å². The smallest absolute Gasteiger partial charge is 0.279 e. The maximum Gasteiger partial charge on any atom is 0.279 e. The lowest BCUT2D eigenvalue weighted by molar-refractivity contribution is 0.101. The summed E-state index contributed by atoms with van der Waals surface area (Å²) in [4.78, 5) is 12.7. The van der Waals surface area contributed by atoms with Gasteiger partial charge < -0.3 is 14.6 Å². The van der Waals surface area contributed by atoms with Crippen molar-refractivity contribution in [2.75, 3.05) is 12.4 Å². The number of ether oxygens (including phenoxy) is 1. The first-order valence-corrected chi connectivity index (χ1v) is 9.18. The third kappa shape index (κ3) is 3.67. The summed E-state index contributed by atoms with van der Waals surface area (Å²) in [7, 11) is 3.36. The zero-order valence-electron chi connectivity index (χ0n) is 16.6. The molecular formula is C22H19FN4O3. The minimum Gasteiger partial charge on any atom is -0.497 e. The molecule has 8 heteroatoms. The molecule has 0 aliphatic rings. The highest BCUT2D eigenvalue weighted by molar-refractivity contribution is 6.03. The zero-order chi connectivity index (χ0) is 21.3. The van der Waals surface area contributed by atoms with Gasteiger partial charge in [0.25, 0.3) is 5.91 Å². The molecule has 0 aliphatic heterocycles. The van der Waals surface area contributed by atoms with Gasteiger partial charge in [0.05, 0.1) is 12.8 Å². The molecule has 0 fully saturated rings. The maximum atomic E-state index is 13.1. The van der Waals surface area contributed by atoms with Gasteiger partial charge in [-0.3, -0.25) is 9.48 Å². The fraction of sp³-hybridized carbons (Fsp3) is 0.136. The Morgan fingerprint density at radius 3 is 2.43 bits per heavy atom. The lowest BCUT2D eigenvalue weighted by Gasteiger charge is -2.04. The number of nitrogens with one attached hydrogen (secondary N) is 1. The largest absolute Gasteiger partial charge is 0.497 e. The van der Waals surface area contributed by atoms with Gasteiger partial charge in [-0.2, -0.15) is 5.10 Å². The lowest BCUT2D eigenvalue weighted by atomic mass is 10.1. The Morgan fingerprint density at radius 1 is 1.10 bits per heavy atom. The lowest BCUT2D eigenvalue weighted by Crippen LogP contribution is -2.15. The maximum absolute atomic E-state index is 13.1. The van der Waals surface area contributed by atoms with Gasteiger partial charge in [0.2, 0.25) is 0 Å². The van der Waals surface area contributed by atoms with Crippen LogP contribution in [-0.4, -0.2) is 28.0 Å². The van der Waals surface area contributed by atoms with Gasteiger partial charge in [-0.05, 0) is 55.5 Å². The number of benzene rings is 2. The number of hydrogen-bond acceptors (Lipinski definition) is 5. The number of halogens is 1. The van der Waals surface area contributed by atoms with E-state index in [9.17, 15) is 9.18 Å². The first-order valence-electron chi connectivity index (χ1n) is 9.18. The summed E-state index contributed by atoms with van der Waals surface area (Å²) >= 11 is 0. The number of hydrogen-bond donors (Lipinski definition) is 1. The van der Waals surface area contributed by atoms with Crippen molar-refractivity contribution in [2.45, 2.75) is 6.92 Å². The van der Waals surface area contributed by atoms with E-state index in [2.05, 4.69) is 15.6 Å². The molecule has 152 valence electrons. The normalized spacial score (nSPS) is 10.8. The third-order valence-corrected chi connectivity index (χ3v) is 4.75. The van der Waals surface area contributed by atoms with E-state index >= 15 is 0 Å². The molecule has 4 aromatic rings. The molecule has 7 nitrogen and oxygen atoms in total. The van der Waals surface area contributed by atoms with Gasteiger partial charge in [0.1, 0.15) is 17.4 Å². The summed E-state index contributed by atoms with van der Waals surface area (Å²) in [5.74, 6) is 0.900. The fourth-order valence-corrected chi connectivity index (χ4v) is 3.13. The summed E-state index contributed by atoms with van der Waals surface area (Å²) in [6.07, 6.45) is 0. The first-order chi connectivity index (χ1) is 14.5. The van der Waals surface area contributed by atoms with Crippen LogP contribution in [0.1, 0.15) is 16.1 Å². The molecule has 0 aliphatic carbocycles. The van der Waals surface area contributed by atoms with Gasteiger partial charge in [0, 0.05) is 29.8 Å². The van der Waals surface area contributed by atoms with Gasteiger partial charge in [0.15, 0.2) is 11.5 Å². The quantitative estimate of drug-likeness (QED) is 0.529. The molecule has 0 radical (unpaired) electrons. The average Bonchev–Trinajstić information content (AvgIpc) is 3.35. The van der Waals surface area contributed by atoms with Crippen LogP contribution >= 0.6 is 0 Å². The molecule has 0 saturated heterocycles. The number of carbonyl (C=O) groups excluding carboxylic acids is 1. The number of carbonyl (C=O) groups is 1. The Bertz CT molecular complexity index is 1190. The van der Waals surface area contributed by atoms with Crippen LogP contribution in [0.3, 0.4) is 0 Å². The third-order valence-electron chi connectivity index (χ3n) is 4.75. The molecule has 4 rings (SSSR count). The Hall–Kier alpha value is -3.94. The number of anilines is 1. The Balaban J connectivity index is 1.56. The molecule has 0 spiro atoms. The minimum absolute atomic E-state index is 0.112. The molecule has 1 amide bonds. The summed E-state index contributed by atoms with van der Waals surface area (Å²) in [6, 6.07) is 14.8. The fourth-order valence-electron chi connectivity index (χ4n) is 3.13. The van der Waals surface area contributed by atoms with Crippen molar-refractivity contribution in [3.05, 3.63) is 71.7 Å². The van der Waals surface area contributed by atoms with E-state index in [4.69, 9.17) is 9.26 Å². The molecular weight excluding hydrogens is 387 g/mol. The van der Waals surface area contributed by atoms with Crippen LogP contribution in [0.2, 0.25) is 0 Å². The predicted octanol–water partition coefficient (Wildman–Crippen LogP) is 4.45. The summed E-state index contributed by atoms with van der Waals surface area (Å²) in [5, 5.41) is 11.2. The standard InChI is InChI=1S/C22H19FN4O3/c1-13-20(15-6-10-17(29-3)11-7-15)25-27(2)21(13)24-22(28)18-12-19(30-26-18)14-4-8-16(23)9-5-14/h4-12H,1-3H3,(H,24,28). The Labute approximate surface area is 172 Å². The van der Waals surface area contributed by atoms with Crippen molar-refractivity contribution in [3.8, 4) is 28.3 Å². The Kier molecular flexibility index (Phi) is 5.05. The SMILES string of the molecule is COc1ccc(-c2nn(C)c(NC(=O)c3cc(-c4ccc(F)cc4)on3)c2C)cc1. The Morgan fingerprint density at radius 2 is 1.77 bits per heavy atom. The van der Waals surface area contributed by atoms with E-state index in [0.717, 1.165) is 22.6 Å². The molecule has 0 bridgehead atoms. The van der Waals surface area contributed by atoms with Crippen LogP contribution in [0, 0.1) is 12.7 Å². The summed E-state index contributed by atoms with van der Waals surface area (Å²) in [5.41, 5.74) is 3.22. The number of methoxy groups -OCH3 is 1. The number of aromatic nitrogens is 3. The number of amides is 1. The van der Waals surface area contributed by atoms with E-state index in [0.29, 0.717) is 17.1 Å².